The monoisotopic (exact) mass is 335 g/mol. The largest absolute Gasteiger partial charge is 0.278 e. The molecule has 3 aromatic heterocycles. The normalized spacial score (nSPS) is 14.4. The van der Waals surface area contributed by atoms with Crippen LogP contribution in [0.1, 0.15) is 29.7 Å². The zero-order valence-corrected chi connectivity index (χ0v) is 14.2. The second-order valence-corrected chi connectivity index (χ2v) is 6.84. The van der Waals surface area contributed by atoms with Crippen molar-refractivity contribution in [2.75, 3.05) is 0 Å². The minimum Gasteiger partial charge on any atom is -0.278 e. The lowest BCUT2D eigenvalue weighted by Gasteiger charge is -2.21. The lowest BCUT2D eigenvalue weighted by Crippen LogP contribution is -2.08. The molecule has 0 bridgehead atoms. The Bertz CT molecular complexity index is 1140. The molecule has 4 aromatic rings. The Hall–Kier alpha value is -2.76. The third-order valence-electron chi connectivity index (χ3n) is 5.22. The first-order valence-corrected chi connectivity index (χ1v) is 8.61. The number of benzene rings is 1. The number of hydrogen-bond acceptors (Lipinski definition) is 3. The molecule has 0 fully saturated rings. The van der Waals surface area contributed by atoms with Gasteiger partial charge < -0.3 is 0 Å². The maximum Gasteiger partial charge on any atom is 0.151 e. The van der Waals surface area contributed by atoms with E-state index in [1.165, 1.54) is 17.2 Å². The molecule has 6 heteroatoms. The fourth-order valence-corrected chi connectivity index (χ4v) is 4.14. The van der Waals surface area contributed by atoms with Gasteiger partial charge in [0.2, 0.25) is 0 Å². The van der Waals surface area contributed by atoms with Crippen LogP contribution in [0.5, 0.6) is 0 Å². The Balaban J connectivity index is 1.96. The number of halogens is 1. The van der Waals surface area contributed by atoms with Gasteiger partial charge in [-0.15, -0.1) is 0 Å². The molecule has 5 nitrogen and oxygen atoms in total. The molecular weight excluding hydrogens is 317 g/mol. The van der Waals surface area contributed by atoms with Gasteiger partial charge in [-0.25, -0.2) is 9.37 Å². The van der Waals surface area contributed by atoms with Gasteiger partial charge in [0, 0.05) is 35.6 Å². The first-order valence-electron chi connectivity index (χ1n) is 8.61. The Morgan fingerprint density at radius 3 is 2.76 bits per heavy atom. The van der Waals surface area contributed by atoms with E-state index in [0.717, 1.165) is 58.9 Å². The Morgan fingerprint density at radius 1 is 1.20 bits per heavy atom. The highest BCUT2D eigenvalue weighted by Gasteiger charge is 2.24. The number of rotatable bonds is 1. The molecule has 0 atom stereocenters. The van der Waals surface area contributed by atoms with Crippen molar-refractivity contribution in [3.8, 4) is 11.3 Å². The molecule has 5 rings (SSSR count). The number of aryl methyl sites for hydroxylation is 3. The maximum absolute atomic E-state index is 14.8. The van der Waals surface area contributed by atoms with E-state index < -0.39 is 0 Å². The number of H-pyrrole nitrogens is 1. The molecule has 1 N–H and O–H groups in total. The summed E-state index contributed by atoms with van der Waals surface area (Å²) in [5.74, 6) is -0.303. The van der Waals surface area contributed by atoms with E-state index in [0.29, 0.717) is 5.52 Å². The highest BCUT2D eigenvalue weighted by Crippen LogP contribution is 2.39. The number of nitrogens with zero attached hydrogens (tertiary/aromatic N) is 4. The number of fused-ring (bicyclic) bond motifs is 5. The molecule has 1 aliphatic rings. The molecule has 25 heavy (non-hydrogen) atoms. The van der Waals surface area contributed by atoms with Gasteiger partial charge in [0.05, 0.1) is 23.1 Å². The maximum atomic E-state index is 14.8. The van der Waals surface area contributed by atoms with Crippen LogP contribution in [-0.2, 0) is 19.9 Å². The molecule has 3 heterocycles. The number of aromatic amines is 1. The minimum atomic E-state index is -0.303. The summed E-state index contributed by atoms with van der Waals surface area (Å²) in [5.41, 5.74) is 6.43. The van der Waals surface area contributed by atoms with Crippen molar-refractivity contribution in [2.45, 2.75) is 32.6 Å². The molecule has 1 aliphatic carbocycles. The minimum absolute atomic E-state index is 0.303. The van der Waals surface area contributed by atoms with Crippen LogP contribution in [-0.4, -0.2) is 25.0 Å². The number of aromatic nitrogens is 5. The molecule has 1 aromatic carbocycles. The van der Waals surface area contributed by atoms with Gasteiger partial charge in [-0.05, 0) is 43.7 Å². The highest BCUT2D eigenvalue weighted by atomic mass is 19.1. The summed E-state index contributed by atoms with van der Waals surface area (Å²) in [5, 5.41) is 13.3. The molecule has 0 radical (unpaired) electrons. The Labute approximate surface area is 143 Å². The van der Waals surface area contributed by atoms with Crippen LogP contribution in [0, 0.1) is 12.7 Å². The van der Waals surface area contributed by atoms with Crippen LogP contribution in [0.15, 0.2) is 18.5 Å². The van der Waals surface area contributed by atoms with Crippen LogP contribution in [0.2, 0.25) is 0 Å². The Kier molecular flexibility index (Phi) is 2.98. The lowest BCUT2D eigenvalue weighted by atomic mass is 9.85. The predicted octanol–water partition coefficient (Wildman–Crippen LogP) is 3.84. The average molecular weight is 335 g/mol. The third-order valence-corrected chi connectivity index (χ3v) is 5.22. The van der Waals surface area contributed by atoms with E-state index in [1.54, 1.807) is 10.9 Å². The summed E-state index contributed by atoms with van der Waals surface area (Å²) in [6.45, 7) is 1.98. The van der Waals surface area contributed by atoms with Gasteiger partial charge in [0.15, 0.2) is 5.82 Å². The topological polar surface area (TPSA) is 59.4 Å². The van der Waals surface area contributed by atoms with Crippen LogP contribution >= 0.6 is 0 Å². The van der Waals surface area contributed by atoms with Crippen LogP contribution in [0.4, 0.5) is 4.39 Å². The van der Waals surface area contributed by atoms with Crippen molar-refractivity contribution in [1.29, 1.82) is 0 Å². The van der Waals surface area contributed by atoms with E-state index in [1.807, 2.05) is 20.2 Å². The molecular formula is C19H18FN5. The third kappa shape index (κ3) is 2.03. The molecule has 0 aliphatic heterocycles. The van der Waals surface area contributed by atoms with Gasteiger partial charge in [0.25, 0.3) is 0 Å². The van der Waals surface area contributed by atoms with Crippen LogP contribution < -0.4 is 0 Å². The number of pyridine rings is 1. The fraction of sp³-hybridized carbons (Fsp3) is 0.316. The molecule has 0 spiro atoms. The quantitative estimate of drug-likeness (QED) is 0.575. The Morgan fingerprint density at radius 2 is 2.00 bits per heavy atom. The van der Waals surface area contributed by atoms with E-state index in [-0.39, 0.29) is 5.82 Å². The first-order chi connectivity index (χ1) is 12.1. The average Bonchev–Trinajstić information content (AvgIpc) is 3.19. The molecule has 0 saturated heterocycles. The lowest BCUT2D eigenvalue weighted by molar-refractivity contribution is 0.636. The van der Waals surface area contributed by atoms with Crippen molar-refractivity contribution in [3.05, 3.63) is 41.1 Å². The van der Waals surface area contributed by atoms with E-state index >= 15 is 0 Å². The van der Waals surface area contributed by atoms with E-state index in [9.17, 15) is 4.39 Å². The SMILES string of the molecule is Cc1nn(C)cc1-c1nc2c(F)cc3[nH]ncc3c2c2c1CCCC2. The zero-order chi connectivity index (χ0) is 17.1. The van der Waals surface area contributed by atoms with Crippen molar-refractivity contribution < 1.29 is 4.39 Å². The first kappa shape index (κ1) is 14.6. The fourth-order valence-electron chi connectivity index (χ4n) is 4.14. The van der Waals surface area contributed by atoms with Crippen molar-refractivity contribution in [2.24, 2.45) is 7.05 Å². The predicted molar refractivity (Wildman–Crippen MR) is 94.9 cm³/mol. The second kappa shape index (κ2) is 5.12. The van der Waals surface area contributed by atoms with E-state index in [4.69, 9.17) is 4.98 Å². The van der Waals surface area contributed by atoms with Crippen molar-refractivity contribution in [3.63, 3.8) is 0 Å². The molecule has 126 valence electrons. The number of nitrogens with one attached hydrogen (secondary N) is 1. The molecule has 0 saturated carbocycles. The molecule has 0 amide bonds. The van der Waals surface area contributed by atoms with Crippen LogP contribution in [0.3, 0.4) is 0 Å². The number of hydrogen-bond donors (Lipinski definition) is 1. The summed E-state index contributed by atoms with van der Waals surface area (Å²) in [7, 11) is 1.90. The highest BCUT2D eigenvalue weighted by molar-refractivity contribution is 6.08. The van der Waals surface area contributed by atoms with Gasteiger partial charge in [0.1, 0.15) is 5.52 Å². The molecule has 0 unspecified atom stereocenters. The second-order valence-electron chi connectivity index (χ2n) is 6.84. The zero-order valence-electron chi connectivity index (χ0n) is 14.2. The van der Waals surface area contributed by atoms with Gasteiger partial charge in [-0.2, -0.15) is 10.2 Å². The van der Waals surface area contributed by atoms with Gasteiger partial charge >= 0.3 is 0 Å². The van der Waals surface area contributed by atoms with Crippen LogP contribution in [0.25, 0.3) is 33.1 Å². The van der Waals surface area contributed by atoms with Crippen molar-refractivity contribution in [1.82, 2.24) is 25.0 Å². The van der Waals surface area contributed by atoms with Gasteiger partial charge in [-0.1, -0.05) is 0 Å². The summed E-state index contributed by atoms with van der Waals surface area (Å²) in [6, 6.07) is 1.49. The van der Waals surface area contributed by atoms with Crippen molar-refractivity contribution >= 4 is 21.8 Å². The van der Waals surface area contributed by atoms with Gasteiger partial charge in [-0.3, -0.25) is 9.78 Å². The summed E-state index contributed by atoms with van der Waals surface area (Å²) < 4.78 is 16.6. The summed E-state index contributed by atoms with van der Waals surface area (Å²) >= 11 is 0. The standard InChI is InChI=1S/C19H18FN5/c1-10-14(9-25(2)24-10)18-12-6-4-3-5-11(12)17-13-8-21-23-16(13)7-15(20)19(17)22-18/h7-9H,3-6H2,1-2H3,(H,21,23). The summed E-state index contributed by atoms with van der Waals surface area (Å²) in [4.78, 5) is 4.79. The smallest absolute Gasteiger partial charge is 0.151 e. The van der Waals surface area contributed by atoms with E-state index in [2.05, 4.69) is 15.3 Å². The summed E-state index contributed by atoms with van der Waals surface area (Å²) in [6.07, 6.45) is 7.93.